The molecule has 3 heteroatoms. The molecule has 0 aliphatic heterocycles. The van der Waals surface area contributed by atoms with E-state index in [4.69, 9.17) is 11.1 Å². The average molecular weight is 198 g/mol. The van der Waals surface area contributed by atoms with Crippen molar-refractivity contribution in [2.75, 3.05) is 0 Å². The van der Waals surface area contributed by atoms with Gasteiger partial charge in [0.05, 0.1) is 6.10 Å². The molecule has 0 aromatic rings. The number of nitrogens with two attached hydrogens (primary N) is 1. The number of nitrogens with one attached hydrogen (secondary N) is 1. The van der Waals surface area contributed by atoms with Gasteiger partial charge < -0.3 is 16.2 Å². The zero-order valence-corrected chi connectivity index (χ0v) is 9.00. The Hall–Kier alpha value is -0.410. The molecule has 14 heavy (non-hydrogen) atoms. The Balaban J connectivity index is 2.54. The molecule has 1 aliphatic rings. The molecule has 0 aromatic heterocycles. The van der Waals surface area contributed by atoms with Gasteiger partial charge in [-0.25, -0.2) is 0 Å². The molecule has 3 atom stereocenters. The van der Waals surface area contributed by atoms with E-state index >= 15 is 0 Å². The van der Waals surface area contributed by atoms with E-state index in [-0.39, 0.29) is 12.1 Å². The Morgan fingerprint density at radius 2 is 2.00 bits per heavy atom. The van der Waals surface area contributed by atoms with E-state index in [0.29, 0.717) is 11.6 Å². The second-order valence-corrected chi connectivity index (χ2v) is 4.53. The molecule has 3 nitrogen and oxygen atoms in total. The third kappa shape index (κ3) is 3.39. The summed E-state index contributed by atoms with van der Waals surface area (Å²) in [5.41, 5.74) is 6.67. The molecule has 1 rings (SSSR count). The van der Waals surface area contributed by atoms with Crippen LogP contribution in [0.3, 0.4) is 0 Å². The van der Waals surface area contributed by atoms with Crippen molar-refractivity contribution in [2.24, 2.45) is 11.7 Å². The van der Waals surface area contributed by atoms with Gasteiger partial charge in [-0.05, 0) is 32.1 Å². The molecule has 1 saturated carbocycles. The van der Waals surface area contributed by atoms with Gasteiger partial charge >= 0.3 is 0 Å². The monoisotopic (exact) mass is 198 g/mol. The first-order chi connectivity index (χ1) is 6.61. The SMILES string of the molecule is CC(=N)CC1CCCCCC(O)C1N. The van der Waals surface area contributed by atoms with Crippen molar-refractivity contribution < 1.29 is 5.11 Å². The summed E-state index contributed by atoms with van der Waals surface area (Å²) in [6, 6.07) is -0.129. The highest BCUT2D eigenvalue weighted by molar-refractivity contribution is 5.78. The molecule has 0 spiro atoms. The Morgan fingerprint density at radius 3 is 2.64 bits per heavy atom. The molecular formula is C11H22N2O. The lowest BCUT2D eigenvalue weighted by Crippen LogP contribution is -2.42. The lowest BCUT2D eigenvalue weighted by atomic mass is 9.83. The van der Waals surface area contributed by atoms with Crippen LogP contribution in [0.15, 0.2) is 0 Å². The summed E-state index contributed by atoms with van der Waals surface area (Å²) in [5.74, 6) is 0.308. The highest BCUT2D eigenvalue weighted by Crippen LogP contribution is 2.24. The van der Waals surface area contributed by atoms with Crippen LogP contribution in [0.1, 0.15) is 45.4 Å². The van der Waals surface area contributed by atoms with Crippen molar-refractivity contribution in [2.45, 2.75) is 57.6 Å². The standard InChI is InChI=1S/C11H22N2O/c1-8(12)7-9-5-3-2-4-6-10(14)11(9)13/h9-12,14H,2-7,13H2,1H3. The fourth-order valence-electron chi connectivity index (χ4n) is 2.27. The minimum absolute atomic E-state index is 0.129. The van der Waals surface area contributed by atoms with Gasteiger partial charge in [0.2, 0.25) is 0 Å². The van der Waals surface area contributed by atoms with Crippen LogP contribution in [0.2, 0.25) is 0 Å². The Morgan fingerprint density at radius 1 is 1.36 bits per heavy atom. The van der Waals surface area contributed by atoms with Crippen LogP contribution in [0.25, 0.3) is 0 Å². The van der Waals surface area contributed by atoms with E-state index < -0.39 is 0 Å². The van der Waals surface area contributed by atoms with Crippen LogP contribution >= 0.6 is 0 Å². The Kier molecular flexibility index (Phi) is 4.55. The van der Waals surface area contributed by atoms with Crippen LogP contribution < -0.4 is 5.73 Å². The molecule has 1 aliphatic carbocycles. The Labute approximate surface area is 86.2 Å². The fourth-order valence-corrected chi connectivity index (χ4v) is 2.27. The highest BCUT2D eigenvalue weighted by Gasteiger charge is 2.26. The van der Waals surface area contributed by atoms with Gasteiger partial charge in [-0.2, -0.15) is 0 Å². The Bertz CT molecular complexity index is 194. The summed E-state index contributed by atoms with van der Waals surface area (Å²) in [7, 11) is 0. The van der Waals surface area contributed by atoms with Crippen molar-refractivity contribution >= 4 is 5.71 Å². The second-order valence-electron chi connectivity index (χ2n) is 4.53. The first-order valence-corrected chi connectivity index (χ1v) is 5.59. The molecule has 0 amide bonds. The minimum Gasteiger partial charge on any atom is -0.392 e. The molecular weight excluding hydrogens is 176 g/mol. The predicted molar refractivity (Wildman–Crippen MR) is 58.6 cm³/mol. The summed E-state index contributed by atoms with van der Waals surface area (Å²) in [5, 5.41) is 17.2. The van der Waals surface area contributed by atoms with Crippen LogP contribution in [0, 0.1) is 11.3 Å². The summed E-state index contributed by atoms with van der Waals surface area (Å²) in [4.78, 5) is 0. The quantitative estimate of drug-likeness (QED) is 0.591. The normalized spacial score (nSPS) is 34.6. The van der Waals surface area contributed by atoms with E-state index in [1.165, 1.54) is 12.8 Å². The summed E-state index contributed by atoms with van der Waals surface area (Å²) >= 11 is 0. The zero-order valence-electron chi connectivity index (χ0n) is 9.00. The van der Waals surface area contributed by atoms with E-state index in [9.17, 15) is 5.11 Å². The highest BCUT2D eigenvalue weighted by atomic mass is 16.3. The predicted octanol–water partition coefficient (Wildman–Crippen LogP) is 1.68. The molecule has 0 radical (unpaired) electrons. The van der Waals surface area contributed by atoms with Gasteiger partial charge in [0.1, 0.15) is 0 Å². The minimum atomic E-state index is -0.361. The topological polar surface area (TPSA) is 70.1 Å². The summed E-state index contributed by atoms with van der Waals surface area (Å²) in [6.45, 7) is 1.82. The van der Waals surface area contributed by atoms with Crippen LogP contribution in [0.4, 0.5) is 0 Å². The number of aliphatic hydroxyl groups is 1. The second kappa shape index (κ2) is 5.47. The van der Waals surface area contributed by atoms with Crippen molar-refractivity contribution in [1.29, 1.82) is 5.41 Å². The van der Waals surface area contributed by atoms with Crippen molar-refractivity contribution in [3.05, 3.63) is 0 Å². The number of hydrogen-bond acceptors (Lipinski definition) is 3. The van der Waals surface area contributed by atoms with Crippen LogP contribution in [0.5, 0.6) is 0 Å². The first kappa shape index (κ1) is 11.7. The number of hydrogen-bond donors (Lipinski definition) is 3. The van der Waals surface area contributed by atoms with Crippen LogP contribution in [-0.4, -0.2) is 23.0 Å². The lowest BCUT2D eigenvalue weighted by molar-refractivity contribution is 0.0958. The van der Waals surface area contributed by atoms with Gasteiger partial charge in [0.15, 0.2) is 0 Å². The maximum Gasteiger partial charge on any atom is 0.0693 e. The molecule has 3 unspecified atom stereocenters. The molecule has 0 bridgehead atoms. The van der Waals surface area contributed by atoms with Crippen molar-refractivity contribution in [3.8, 4) is 0 Å². The third-order valence-corrected chi connectivity index (χ3v) is 3.13. The van der Waals surface area contributed by atoms with Gasteiger partial charge in [-0.3, -0.25) is 0 Å². The van der Waals surface area contributed by atoms with Gasteiger partial charge in [0.25, 0.3) is 0 Å². The molecule has 0 heterocycles. The zero-order chi connectivity index (χ0) is 10.6. The molecule has 0 saturated heterocycles. The van der Waals surface area contributed by atoms with Crippen molar-refractivity contribution in [3.63, 3.8) is 0 Å². The van der Waals surface area contributed by atoms with Gasteiger partial charge in [0, 0.05) is 11.8 Å². The van der Waals surface area contributed by atoms with Gasteiger partial charge in [-0.15, -0.1) is 0 Å². The smallest absolute Gasteiger partial charge is 0.0693 e. The summed E-state index contributed by atoms with van der Waals surface area (Å²) < 4.78 is 0. The first-order valence-electron chi connectivity index (χ1n) is 5.59. The number of aliphatic hydroxyl groups excluding tert-OH is 1. The lowest BCUT2D eigenvalue weighted by Gasteiger charge is -2.30. The largest absolute Gasteiger partial charge is 0.392 e. The summed E-state index contributed by atoms with van der Waals surface area (Å²) in [6.07, 6.45) is 5.75. The molecule has 0 aromatic carbocycles. The molecule has 4 N–H and O–H groups in total. The van der Waals surface area contributed by atoms with E-state index in [2.05, 4.69) is 0 Å². The van der Waals surface area contributed by atoms with E-state index in [0.717, 1.165) is 25.7 Å². The maximum absolute atomic E-state index is 9.77. The number of rotatable bonds is 2. The van der Waals surface area contributed by atoms with Crippen molar-refractivity contribution in [1.82, 2.24) is 0 Å². The molecule has 1 fully saturated rings. The molecule has 82 valence electrons. The maximum atomic E-state index is 9.77. The van der Waals surface area contributed by atoms with Gasteiger partial charge in [-0.1, -0.05) is 19.3 Å². The fraction of sp³-hybridized carbons (Fsp3) is 0.909. The van der Waals surface area contributed by atoms with E-state index in [1.807, 2.05) is 6.92 Å². The van der Waals surface area contributed by atoms with E-state index in [1.54, 1.807) is 0 Å². The van der Waals surface area contributed by atoms with Crippen LogP contribution in [-0.2, 0) is 0 Å². The third-order valence-electron chi connectivity index (χ3n) is 3.13. The average Bonchev–Trinajstić information content (AvgIpc) is 2.11.